The highest BCUT2D eigenvalue weighted by molar-refractivity contribution is 7.12. The van der Waals surface area contributed by atoms with Gasteiger partial charge < -0.3 is 14.6 Å². The van der Waals surface area contributed by atoms with Crippen molar-refractivity contribution in [1.82, 2.24) is 0 Å². The number of esters is 1. The minimum Gasteiger partial charge on any atom is -0.508 e. The third-order valence-electron chi connectivity index (χ3n) is 4.09. The molecule has 0 aliphatic heterocycles. The smallest absolute Gasteiger partial charge is 0.330 e. The van der Waals surface area contributed by atoms with Crippen LogP contribution in [0.3, 0.4) is 0 Å². The molecule has 28 heavy (non-hydrogen) atoms. The van der Waals surface area contributed by atoms with E-state index in [1.807, 2.05) is 29.6 Å². The number of phenols is 1. The molecule has 0 radical (unpaired) electrons. The molecule has 4 nitrogen and oxygen atoms in total. The highest BCUT2D eigenvalue weighted by Gasteiger charge is 2.17. The molecule has 1 N–H and O–H groups in total. The van der Waals surface area contributed by atoms with E-state index in [2.05, 4.69) is 0 Å². The van der Waals surface area contributed by atoms with E-state index in [-0.39, 0.29) is 5.75 Å². The van der Waals surface area contributed by atoms with Gasteiger partial charge in [0.2, 0.25) is 0 Å². The zero-order chi connectivity index (χ0) is 20.1. The van der Waals surface area contributed by atoms with Crippen LogP contribution in [0.15, 0.2) is 53.9 Å². The van der Waals surface area contributed by atoms with Gasteiger partial charge in [0.05, 0.1) is 13.7 Å². The number of benzene rings is 2. The summed E-state index contributed by atoms with van der Waals surface area (Å²) in [5.41, 5.74) is 3.69. The van der Waals surface area contributed by atoms with Gasteiger partial charge in [0.1, 0.15) is 11.5 Å². The fourth-order valence-corrected chi connectivity index (χ4v) is 3.99. The summed E-state index contributed by atoms with van der Waals surface area (Å²) in [5, 5.41) is 12.3. The van der Waals surface area contributed by atoms with Gasteiger partial charge in [-0.2, -0.15) is 0 Å². The summed E-state index contributed by atoms with van der Waals surface area (Å²) in [6.45, 7) is 2.09. The van der Waals surface area contributed by atoms with Crippen molar-refractivity contribution in [2.24, 2.45) is 0 Å². The fourth-order valence-electron chi connectivity index (χ4n) is 2.84. The summed E-state index contributed by atoms with van der Waals surface area (Å²) in [5.74, 6) is 0.456. The molecule has 144 valence electrons. The van der Waals surface area contributed by atoms with Crippen LogP contribution in [-0.2, 0) is 9.53 Å². The zero-order valence-electron chi connectivity index (χ0n) is 15.4. The third-order valence-corrected chi connectivity index (χ3v) is 5.27. The van der Waals surface area contributed by atoms with E-state index in [4.69, 9.17) is 21.1 Å². The van der Waals surface area contributed by atoms with Crippen LogP contribution in [-0.4, -0.2) is 24.8 Å². The largest absolute Gasteiger partial charge is 0.508 e. The molecule has 0 unspecified atom stereocenters. The van der Waals surface area contributed by atoms with Crippen molar-refractivity contribution in [2.45, 2.75) is 6.92 Å². The Kier molecular flexibility index (Phi) is 6.39. The summed E-state index contributed by atoms with van der Waals surface area (Å²) in [6.07, 6.45) is 3.17. The van der Waals surface area contributed by atoms with Crippen molar-refractivity contribution in [3.05, 3.63) is 63.8 Å². The van der Waals surface area contributed by atoms with Gasteiger partial charge in [-0.05, 0) is 54.3 Å². The van der Waals surface area contributed by atoms with Crippen molar-refractivity contribution in [3.63, 3.8) is 0 Å². The minimum absolute atomic E-state index is 0.188. The van der Waals surface area contributed by atoms with Crippen LogP contribution in [0.5, 0.6) is 11.5 Å². The first kappa shape index (κ1) is 20.0. The molecule has 3 rings (SSSR count). The standard InChI is InChI=1S/C22H19ClO4S/c1-3-27-21(25)11-10-20-22(14-4-7-16(24)8-5-14)18(13-28-20)17-9-6-15(23)12-19(17)26-2/h4-13,24H,3H2,1-2H3. The Hall–Kier alpha value is -2.76. The van der Waals surface area contributed by atoms with Crippen LogP contribution < -0.4 is 4.74 Å². The molecule has 0 bridgehead atoms. The number of hydrogen-bond acceptors (Lipinski definition) is 5. The number of thiophene rings is 1. The van der Waals surface area contributed by atoms with E-state index >= 15 is 0 Å². The molecule has 1 aromatic heterocycles. The van der Waals surface area contributed by atoms with Crippen LogP contribution in [0.1, 0.15) is 11.8 Å². The predicted molar refractivity (Wildman–Crippen MR) is 114 cm³/mol. The van der Waals surface area contributed by atoms with Crippen LogP contribution in [0.25, 0.3) is 28.3 Å². The molecule has 0 fully saturated rings. The number of carbonyl (C=O) groups excluding carboxylic acids is 1. The summed E-state index contributed by atoms with van der Waals surface area (Å²) < 4.78 is 10.5. The lowest BCUT2D eigenvalue weighted by molar-refractivity contribution is -0.137. The van der Waals surface area contributed by atoms with Gasteiger partial charge in [0, 0.05) is 32.7 Å². The molecule has 1 heterocycles. The van der Waals surface area contributed by atoms with E-state index < -0.39 is 5.97 Å². The Labute approximate surface area is 172 Å². The van der Waals surface area contributed by atoms with Gasteiger partial charge in [0.25, 0.3) is 0 Å². The molecular formula is C22H19ClO4S. The quantitative estimate of drug-likeness (QED) is 0.395. The topological polar surface area (TPSA) is 55.8 Å². The maximum atomic E-state index is 11.8. The normalized spacial score (nSPS) is 11.0. The number of rotatable bonds is 6. The van der Waals surface area contributed by atoms with Gasteiger partial charge >= 0.3 is 5.97 Å². The van der Waals surface area contributed by atoms with Crippen LogP contribution >= 0.6 is 22.9 Å². The molecule has 0 aliphatic rings. The van der Waals surface area contributed by atoms with Gasteiger partial charge in [0.15, 0.2) is 0 Å². The average Bonchev–Trinajstić information content (AvgIpc) is 3.10. The molecule has 0 saturated heterocycles. The monoisotopic (exact) mass is 414 g/mol. The molecule has 3 aromatic rings. The van der Waals surface area contributed by atoms with Crippen LogP contribution in [0.2, 0.25) is 5.02 Å². The van der Waals surface area contributed by atoms with Gasteiger partial charge in [-0.3, -0.25) is 0 Å². The molecule has 6 heteroatoms. The first-order valence-corrected chi connectivity index (χ1v) is 9.89. The van der Waals surface area contributed by atoms with E-state index in [1.165, 1.54) is 17.4 Å². The number of carbonyl (C=O) groups is 1. The van der Waals surface area contributed by atoms with Gasteiger partial charge in [-0.25, -0.2) is 4.79 Å². The maximum Gasteiger partial charge on any atom is 0.330 e. The second-order valence-electron chi connectivity index (χ2n) is 5.87. The molecule has 0 atom stereocenters. The molecule has 0 saturated carbocycles. The number of halogens is 1. The van der Waals surface area contributed by atoms with E-state index in [0.717, 1.165) is 27.1 Å². The molecule has 0 spiro atoms. The zero-order valence-corrected chi connectivity index (χ0v) is 17.0. The molecule has 0 aliphatic carbocycles. The van der Waals surface area contributed by atoms with E-state index in [9.17, 15) is 9.90 Å². The molecular weight excluding hydrogens is 396 g/mol. The summed E-state index contributed by atoms with van der Waals surface area (Å²) >= 11 is 7.62. The van der Waals surface area contributed by atoms with Crippen molar-refractivity contribution in [3.8, 4) is 33.8 Å². The number of hydrogen-bond donors (Lipinski definition) is 1. The number of aromatic hydroxyl groups is 1. The van der Waals surface area contributed by atoms with Crippen molar-refractivity contribution < 1.29 is 19.4 Å². The first-order valence-electron chi connectivity index (χ1n) is 8.63. The lowest BCUT2D eigenvalue weighted by atomic mass is 9.96. The highest BCUT2D eigenvalue weighted by atomic mass is 35.5. The summed E-state index contributed by atoms with van der Waals surface area (Å²) in [7, 11) is 1.60. The number of methoxy groups -OCH3 is 1. The Bertz CT molecular complexity index is 1010. The average molecular weight is 415 g/mol. The third kappa shape index (κ3) is 4.38. The summed E-state index contributed by atoms with van der Waals surface area (Å²) in [6, 6.07) is 12.4. The molecule has 2 aromatic carbocycles. The Morgan fingerprint density at radius 3 is 2.61 bits per heavy atom. The SMILES string of the molecule is CCOC(=O)C=Cc1scc(-c2ccc(Cl)cc2OC)c1-c1ccc(O)cc1. The number of ether oxygens (including phenoxy) is 2. The van der Waals surface area contributed by atoms with Crippen LogP contribution in [0.4, 0.5) is 0 Å². The second kappa shape index (κ2) is 8.95. The lowest BCUT2D eigenvalue weighted by Gasteiger charge is -2.11. The van der Waals surface area contributed by atoms with Crippen molar-refractivity contribution in [1.29, 1.82) is 0 Å². The van der Waals surface area contributed by atoms with Gasteiger partial charge in [-0.1, -0.05) is 23.7 Å². The Balaban J connectivity index is 2.16. The Morgan fingerprint density at radius 1 is 1.18 bits per heavy atom. The van der Waals surface area contributed by atoms with E-state index in [1.54, 1.807) is 38.3 Å². The second-order valence-corrected chi connectivity index (χ2v) is 7.21. The van der Waals surface area contributed by atoms with E-state index in [0.29, 0.717) is 17.4 Å². The number of phenolic OH excluding ortho intramolecular Hbond substituents is 1. The highest BCUT2D eigenvalue weighted by Crippen LogP contribution is 2.44. The first-order chi connectivity index (χ1) is 13.5. The van der Waals surface area contributed by atoms with Crippen molar-refractivity contribution in [2.75, 3.05) is 13.7 Å². The fraction of sp³-hybridized carbons (Fsp3) is 0.136. The molecule has 0 amide bonds. The lowest BCUT2D eigenvalue weighted by Crippen LogP contribution is -1.98. The van der Waals surface area contributed by atoms with Gasteiger partial charge in [-0.15, -0.1) is 11.3 Å². The maximum absolute atomic E-state index is 11.8. The van der Waals surface area contributed by atoms with Crippen LogP contribution in [0, 0.1) is 0 Å². The summed E-state index contributed by atoms with van der Waals surface area (Å²) in [4.78, 5) is 12.6. The Morgan fingerprint density at radius 2 is 1.93 bits per heavy atom. The minimum atomic E-state index is -0.391. The predicted octanol–water partition coefficient (Wildman–Crippen LogP) is 6.03. The van der Waals surface area contributed by atoms with Crippen molar-refractivity contribution >= 4 is 35.0 Å².